The number of carbonyl (C=O) groups is 1. The second kappa shape index (κ2) is 11.4. The molecule has 0 aliphatic heterocycles. The second-order valence-electron chi connectivity index (χ2n) is 9.91. The molecule has 0 radical (unpaired) electrons. The Morgan fingerprint density at radius 2 is 1.55 bits per heavy atom. The maximum absolute atomic E-state index is 14.4. The number of carbonyl (C=O) groups excluding carboxylic acids is 1. The van der Waals surface area contributed by atoms with Gasteiger partial charge in [-0.25, -0.2) is 8.78 Å². The van der Waals surface area contributed by atoms with Crippen LogP contribution in [0.4, 0.5) is 8.78 Å². The minimum absolute atomic E-state index is 0.0842. The van der Waals surface area contributed by atoms with Crippen molar-refractivity contribution in [3.8, 4) is 0 Å². The number of esters is 1. The van der Waals surface area contributed by atoms with E-state index in [9.17, 15) is 13.6 Å². The lowest BCUT2D eigenvalue weighted by Gasteiger charge is -2.36. The fraction of sp³-hybridized carbons (Fsp3) is 0.741. The molecule has 0 heterocycles. The number of halogens is 2. The summed E-state index contributed by atoms with van der Waals surface area (Å²) in [5.41, 5.74) is 2.80. The number of alkyl halides is 2. The van der Waals surface area contributed by atoms with Gasteiger partial charge < -0.3 is 4.74 Å². The zero-order valence-electron chi connectivity index (χ0n) is 19.4. The maximum atomic E-state index is 14.4. The van der Waals surface area contributed by atoms with Gasteiger partial charge in [0.05, 0.1) is 5.92 Å². The van der Waals surface area contributed by atoms with E-state index in [1.54, 1.807) is 0 Å². The van der Waals surface area contributed by atoms with E-state index in [1.165, 1.54) is 24.0 Å². The molecule has 0 aromatic heterocycles. The van der Waals surface area contributed by atoms with E-state index in [-0.39, 0.29) is 18.5 Å². The third kappa shape index (κ3) is 7.02. The van der Waals surface area contributed by atoms with Crippen molar-refractivity contribution in [2.24, 2.45) is 17.8 Å². The van der Waals surface area contributed by atoms with Crippen LogP contribution in [0.5, 0.6) is 0 Å². The van der Waals surface area contributed by atoms with E-state index in [0.29, 0.717) is 25.2 Å². The highest BCUT2D eigenvalue weighted by molar-refractivity contribution is 5.72. The highest BCUT2D eigenvalue weighted by atomic mass is 19.3. The molecule has 1 aromatic carbocycles. The van der Waals surface area contributed by atoms with Gasteiger partial charge in [-0.3, -0.25) is 4.79 Å². The molecule has 174 valence electrons. The molecule has 1 aromatic rings. The normalized spacial score (nSPS) is 28.3. The molecule has 2 unspecified atom stereocenters. The van der Waals surface area contributed by atoms with Gasteiger partial charge in [-0.05, 0) is 81.3 Å². The van der Waals surface area contributed by atoms with Crippen molar-refractivity contribution in [3.05, 3.63) is 35.4 Å². The summed E-state index contributed by atoms with van der Waals surface area (Å²) in [6, 6.07) is 9.00. The van der Waals surface area contributed by atoms with Crippen molar-refractivity contribution in [2.45, 2.75) is 109 Å². The third-order valence-corrected chi connectivity index (χ3v) is 7.43. The summed E-state index contributed by atoms with van der Waals surface area (Å²) in [6.45, 7) is 4.14. The molecule has 0 N–H and O–H groups in total. The molecular weight excluding hydrogens is 394 g/mol. The van der Waals surface area contributed by atoms with Gasteiger partial charge in [0.1, 0.15) is 6.10 Å². The monoisotopic (exact) mass is 434 g/mol. The highest BCUT2D eigenvalue weighted by Crippen LogP contribution is 2.44. The van der Waals surface area contributed by atoms with Gasteiger partial charge in [0, 0.05) is 12.3 Å². The third-order valence-electron chi connectivity index (χ3n) is 7.43. The van der Waals surface area contributed by atoms with Crippen LogP contribution in [-0.4, -0.2) is 18.0 Å². The van der Waals surface area contributed by atoms with Gasteiger partial charge in [0.25, 0.3) is 5.92 Å². The average molecular weight is 435 g/mol. The van der Waals surface area contributed by atoms with E-state index in [1.807, 2.05) is 6.92 Å². The number of hydrogen-bond acceptors (Lipinski definition) is 2. The Hall–Kier alpha value is -1.45. The van der Waals surface area contributed by atoms with E-state index >= 15 is 0 Å². The Labute approximate surface area is 187 Å². The van der Waals surface area contributed by atoms with Crippen LogP contribution < -0.4 is 0 Å². The zero-order valence-corrected chi connectivity index (χ0v) is 19.4. The summed E-state index contributed by atoms with van der Waals surface area (Å²) < 4.78 is 34.4. The van der Waals surface area contributed by atoms with Gasteiger partial charge in [-0.1, -0.05) is 51.0 Å². The first-order chi connectivity index (χ1) is 14.9. The fourth-order valence-electron chi connectivity index (χ4n) is 5.45. The molecule has 0 saturated heterocycles. The number of ether oxygens (including phenoxy) is 1. The molecule has 3 rings (SSSR count). The first-order valence-corrected chi connectivity index (χ1v) is 12.6. The van der Waals surface area contributed by atoms with Crippen LogP contribution in [0.2, 0.25) is 0 Å². The minimum Gasteiger partial charge on any atom is -0.462 e. The zero-order chi connectivity index (χ0) is 22.3. The van der Waals surface area contributed by atoms with Gasteiger partial charge in [0.15, 0.2) is 0 Å². The summed E-state index contributed by atoms with van der Waals surface area (Å²) >= 11 is 0. The van der Waals surface area contributed by atoms with Gasteiger partial charge in [0.2, 0.25) is 0 Å². The molecule has 31 heavy (non-hydrogen) atoms. The van der Waals surface area contributed by atoms with Crippen molar-refractivity contribution >= 4 is 5.97 Å². The first-order valence-electron chi connectivity index (χ1n) is 12.6. The van der Waals surface area contributed by atoms with Crippen LogP contribution in [0.1, 0.15) is 95.6 Å². The lowest BCUT2D eigenvalue weighted by Crippen LogP contribution is -2.40. The molecule has 0 spiro atoms. The standard InChI is InChI=1S/C27H40F2O2/c1-3-5-20-7-9-21(10-8-20)11-12-22-13-17-25(18-14-22)31-26(30)23-15-16-24(6-4-2)27(28,29)19-23/h7-10,22-25H,3-6,11-19H2,1-2H3. The van der Waals surface area contributed by atoms with Crippen molar-refractivity contribution in [1.82, 2.24) is 0 Å². The molecule has 4 heteroatoms. The SMILES string of the molecule is CCCc1ccc(CCC2CCC(OC(=O)C3CCC(CCC)C(F)(F)C3)CC2)cc1. The molecule has 2 aliphatic rings. The molecule has 2 saturated carbocycles. The molecule has 0 amide bonds. The lowest BCUT2D eigenvalue weighted by molar-refractivity contribution is -0.167. The molecular formula is C27H40F2O2. The Bertz CT molecular complexity index is 677. The number of benzene rings is 1. The predicted octanol–water partition coefficient (Wildman–Crippen LogP) is 7.53. The Morgan fingerprint density at radius 3 is 2.13 bits per heavy atom. The summed E-state index contributed by atoms with van der Waals surface area (Å²) in [7, 11) is 0. The van der Waals surface area contributed by atoms with Gasteiger partial charge in [-0.15, -0.1) is 0 Å². The first kappa shape index (κ1) is 24.2. The van der Waals surface area contributed by atoms with Gasteiger partial charge in [-0.2, -0.15) is 0 Å². The highest BCUT2D eigenvalue weighted by Gasteiger charge is 2.47. The van der Waals surface area contributed by atoms with E-state index < -0.39 is 17.8 Å². The molecule has 2 aliphatic carbocycles. The minimum atomic E-state index is -2.73. The topological polar surface area (TPSA) is 26.3 Å². The largest absolute Gasteiger partial charge is 0.462 e. The van der Waals surface area contributed by atoms with Crippen molar-refractivity contribution in [3.63, 3.8) is 0 Å². The number of aryl methyl sites for hydroxylation is 2. The summed E-state index contributed by atoms with van der Waals surface area (Å²) in [4.78, 5) is 12.5. The molecule has 0 bridgehead atoms. The quantitative estimate of drug-likeness (QED) is 0.376. The number of hydrogen-bond donors (Lipinski definition) is 0. The van der Waals surface area contributed by atoms with E-state index in [2.05, 4.69) is 31.2 Å². The average Bonchev–Trinajstić information content (AvgIpc) is 2.76. The van der Waals surface area contributed by atoms with Crippen molar-refractivity contribution in [1.29, 1.82) is 0 Å². The van der Waals surface area contributed by atoms with Crippen LogP contribution >= 0.6 is 0 Å². The van der Waals surface area contributed by atoms with Crippen molar-refractivity contribution in [2.75, 3.05) is 0 Å². The Kier molecular flexibility index (Phi) is 8.92. The van der Waals surface area contributed by atoms with Gasteiger partial charge >= 0.3 is 5.97 Å². The van der Waals surface area contributed by atoms with E-state index in [0.717, 1.165) is 44.9 Å². The fourth-order valence-corrected chi connectivity index (χ4v) is 5.45. The molecule has 2 atom stereocenters. The predicted molar refractivity (Wildman–Crippen MR) is 121 cm³/mol. The van der Waals surface area contributed by atoms with Crippen LogP contribution in [-0.2, 0) is 22.4 Å². The van der Waals surface area contributed by atoms with E-state index in [4.69, 9.17) is 4.74 Å². The summed E-state index contributed by atoms with van der Waals surface area (Å²) in [5.74, 6) is -3.65. The van der Waals surface area contributed by atoms with Crippen LogP contribution in [0, 0.1) is 17.8 Å². The van der Waals surface area contributed by atoms with Crippen molar-refractivity contribution < 1.29 is 18.3 Å². The maximum Gasteiger partial charge on any atom is 0.309 e. The van der Waals surface area contributed by atoms with Crippen LogP contribution in [0.25, 0.3) is 0 Å². The lowest BCUT2D eigenvalue weighted by atomic mass is 9.77. The Balaban J connectivity index is 1.37. The summed E-state index contributed by atoms with van der Waals surface area (Å²) in [5, 5.41) is 0. The van der Waals surface area contributed by atoms with Crippen LogP contribution in [0.15, 0.2) is 24.3 Å². The molecule has 2 nitrogen and oxygen atoms in total. The number of rotatable bonds is 9. The smallest absolute Gasteiger partial charge is 0.309 e. The Morgan fingerprint density at radius 1 is 0.903 bits per heavy atom. The summed E-state index contributed by atoms with van der Waals surface area (Å²) in [6.07, 6.45) is 10.3. The van der Waals surface area contributed by atoms with Crippen LogP contribution in [0.3, 0.4) is 0 Å². The second-order valence-corrected chi connectivity index (χ2v) is 9.91. The molecule has 2 fully saturated rings.